The summed E-state index contributed by atoms with van der Waals surface area (Å²) < 4.78 is 4.71. The second-order valence-electron chi connectivity index (χ2n) is 4.53. The maximum Gasteiger partial charge on any atom is 0.328 e. The number of nitrogens with one attached hydrogen (secondary N) is 1. The van der Waals surface area contributed by atoms with Gasteiger partial charge in [0.1, 0.15) is 6.04 Å². The molecule has 1 amide bonds. The van der Waals surface area contributed by atoms with E-state index in [4.69, 9.17) is 4.74 Å². The van der Waals surface area contributed by atoms with Crippen LogP contribution in [0.1, 0.15) is 24.8 Å². The smallest absolute Gasteiger partial charge is 0.328 e. The Labute approximate surface area is 119 Å². The van der Waals surface area contributed by atoms with Crippen LogP contribution >= 0.6 is 0 Å². The third kappa shape index (κ3) is 5.69. The molecule has 1 atom stereocenters. The number of carbonyl (C=O) groups is 2. The summed E-state index contributed by atoms with van der Waals surface area (Å²) in [5, 5.41) is 2.73. The molecule has 4 nitrogen and oxygen atoms in total. The van der Waals surface area contributed by atoms with E-state index in [0.717, 1.165) is 18.4 Å². The Morgan fingerprint density at radius 1 is 1.35 bits per heavy atom. The normalized spacial score (nSPS) is 11.4. The first-order chi connectivity index (χ1) is 9.67. The van der Waals surface area contributed by atoms with Crippen molar-refractivity contribution in [1.29, 1.82) is 0 Å². The molecular weight excluding hydrogens is 254 g/mol. The number of benzene rings is 1. The van der Waals surface area contributed by atoms with Gasteiger partial charge in [-0.15, -0.1) is 6.58 Å². The molecule has 0 aliphatic carbocycles. The molecule has 0 spiro atoms. The average Bonchev–Trinajstić information content (AvgIpc) is 2.46. The van der Waals surface area contributed by atoms with Crippen LogP contribution in [0.15, 0.2) is 43.0 Å². The first kappa shape index (κ1) is 16.0. The van der Waals surface area contributed by atoms with Gasteiger partial charge >= 0.3 is 5.97 Å². The van der Waals surface area contributed by atoms with E-state index in [-0.39, 0.29) is 12.3 Å². The second kappa shape index (κ2) is 8.91. The third-order valence-electron chi connectivity index (χ3n) is 2.93. The largest absolute Gasteiger partial charge is 0.467 e. The average molecular weight is 275 g/mol. The lowest BCUT2D eigenvalue weighted by Gasteiger charge is -2.16. The van der Waals surface area contributed by atoms with E-state index >= 15 is 0 Å². The summed E-state index contributed by atoms with van der Waals surface area (Å²) in [7, 11) is 1.33. The summed E-state index contributed by atoms with van der Waals surface area (Å²) >= 11 is 0. The molecule has 0 heterocycles. The molecule has 0 saturated carbocycles. The van der Waals surface area contributed by atoms with E-state index in [9.17, 15) is 9.59 Å². The number of methoxy groups -OCH3 is 1. The van der Waals surface area contributed by atoms with Gasteiger partial charge in [0.2, 0.25) is 5.91 Å². The van der Waals surface area contributed by atoms with Gasteiger partial charge in [-0.2, -0.15) is 0 Å². The molecule has 20 heavy (non-hydrogen) atoms. The standard InChI is InChI=1S/C16H21NO3/c1-3-4-6-11-14(16(19)20-2)17-15(18)12-13-9-7-5-8-10-13/h3,5,7-10,14H,1,4,6,11-12H2,2H3,(H,17,18)/t14-/m1/s1. The Morgan fingerprint density at radius 2 is 2.05 bits per heavy atom. The van der Waals surface area contributed by atoms with Crippen molar-refractivity contribution in [3.05, 3.63) is 48.6 Å². The molecule has 1 aromatic rings. The maximum atomic E-state index is 11.9. The summed E-state index contributed by atoms with van der Waals surface area (Å²) in [5.74, 6) is -0.583. The van der Waals surface area contributed by atoms with E-state index in [1.807, 2.05) is 30.3 Å². The molecule has 1 rings (SSSR count). The lowest BCUT2D eigenvalue weighted by molar-refractivity contribution is -0.145. The number of ether oxygens (including phenoxy) is 1. The molecule has 0 aromatic heterocycles. The molecule has 4 heteroatoms. The fourth-order valence-corrected chi connectivity index (χ4v) is 1.88. The molecule has 0 aliphatic rings. The highest BCUT2D eigenvalue weighted by atomic mass is 16.5. The summed E-state index contributed by atoms with van der Waals surface area (Å²) in [4.78, 5) is 23.6. The molecule has 0 fully saturated rings. The van der Waals surface area contributed by atoms with Gasteiger partial charge in [0.15, 0.2) is 0 Å². The van der Waals surface area contributed by atoms with Gasteiger partial charge in [0, 0.05) is 0 Å². The molecule has 0 aliphatic heterocycles. The van der Waals surface area contributed by atoms with Gasteiger partial charge in [-0.3, -0.25) is 4.79 Å². The lowest BCUT2D eigenvalue weighted by Crippen LogP contribution is -2.42. The summed E-state index contributed by atoms with van der Waals surface area (Å²) in [6.45, 7) is 3.64. The van der Waals surface area contributed by atoms with Gasteiger partial charge in [-0.05, 0) is 24.8 Å². The minimum absolute atomic E-state index is 0.176. The minimum Gasteiger partial charge on any atom is -0.467 e. The molecule has 0 bridgehead atoms. The Morgan fingerprint density at radius 3 is 2.65 bits per heavy atom. The van der Waals surface area contributed by atoms with Crippen LogP contribution in [0.25, 0.3) is 0 Å². The lowest BCUT2D eigenvalue weighted by atomic mass is 10.1. The zero-order valence-electron chi connectivity index (χ0n) is 11.8. The molecule has 1 aromatic carbocycles. The van der Waals surface area contributed by atoms with Crippen molar-refractivity contribution in [2.75, 3.05) is 7.11 Å². The highest BCUT2D eigenvalue weighted by Gasteiger charge is 2.20. The fourth-order valence-electron chi connectivity index (χ4n) is 1.88. The number of carbonyl (C=O) groups excluding carboxylic acids is 2. The quantitative estimate of drug-likeness (QED) is 0.450. The number of allylic oxidation sites excluding steroid dienone is 1. The first-order valence-electron chi connectivity index (χ1n) is 6.69. The molecule has 108 valence electrons. The summed E-state index contributed by atoms with van der Waals surface area (Å²) in [6.07, 6.45) is 4.20. The second-order valence-corrected chi connectivity index (χ2v) is 4.53. The van der Waals surface area contributed by atoms with Crippen LogP contribution in [-0.4, -0.2) is 25.0 Å². The SMILES string of the molecule is C=CCCC[C@@H](NC(=O)Cc1ccccc1)C(=O)OC. The highest BCUT2D eigenvalue weighted by molar-refractivity contribution is 5.85. The van der Waals surface area contributed by atoms with Crippen LogP contribution in [0, 0.1) is 0 Å². The maximum absolute atomic E-state index is 11.9. The van der Waals surface area contributed by atoms with Crippen LogP contribution < -0.4 is 5.32 Å². The Bertz CT molecular complexity index is 442. The molecule has 0 unspecified atom stereocenters. The van der Waals surface area contributed by atoms with Gasteiger partial charge < -0.3 is 10.1 Å². The molecule has 0 saturated heterocycles. The van der Waals surface area contributed by atoms with Crippen molar-refractivity contribution < 1.29 is 14.3 Å². The summed E-state index contributed by atoms with van der Waals surface area (Å²) in [5.41, 5.74) is 0.916. The predicted molar refractivity (Wildman–Crippen MR) is 78.1 cm³/mol. The number of amides is 1. The highest BCUT2D eigenvalue weighted by Crippen LogP contribution is 2.05. The van der Waals surface area contributed by atoms with Gasteiger partial charge in [0.05, 0.1) is 13.5 Å². The van der Waals surface area contributed by atoms with Crippen molar-refractivity contribution in [2.45, 2.75) is 31.7 Å². The van der Waals surface area contributed by atoms with Crippen molar-refractivity contribution in [1.82, 2.24) is 5.32 Å². The summed E-state index contributed by atoms with van der Waals surface area (Å²) in [6, 6.07) is 8.83. The van der Waals surface area contributed by atoms with Crippen molar-refractivity contribution in [3.63, 3.8) is 0 Å². The third-order valence-corrected chi connectivity index (χ3v) is 2.93. The Hall–Kier alpha value is -2.10. The topological polar surface area (TPSA) is 55.4 Å². The number of esters is 1. The zero-order valence-corrected chi connectivity index (χ0v) is 11.8. The van der Waals surface area contributed by atoms with Crippen molar-refractivity contribution in [2.24, 2.45) is 0 Å². The fraction of sp³-hybridized carbons (Fsp3) is 0.375. The predicted octanol–water partition coefficient (Wildman–Crippen LogP) is 2.24. The molecular formula is C16H21NO3. The Kier molecular flexibility index (Phi) is 7.11. The van der Waals surface area contributed by atoms with E-state index in [1.165, 1.54) is 7.11 Å². The molecule has 0 radical (unpaired) electrons. The van der Waals surface area contributed by atoms with E-state index in [0.29, 0.717) is 6.42 Å². The molecule has 1 N–H and O–H groups in total. The van der Waals surface area contributed by atoms with Gasteiger partial charge in [0.25, 0.3) is 0 Å². The zero-order chi connectivity index (χ0) is 14.8. The van der Waals surface area contributed by atoms with Crippen LogP contribution in [0.2, 0.25) is 0 Å². The van der Waals surface area contributed by atoms with E-state index in [1.54, 1.807) is 6.08 Å². The number of hydrogen-bond acceptors (Lipinski definition) is 3. The van der Waals surface area contributed by atoms with Crippen LogP contribution in [0.4, 0.5) is 0 Å². The van der Waals surface area contributed by atoms with Crippen LogP contribution in [-0.2, 0) is 20.7 Å². The van der Waals surface area contributed by atoms with Crippen molar-refractivity contribution in [3.8, 4) is 0 Å². The Balaban J connectivity index is 2.52. The van der Waals surface area contributed by atoms with E-state index < -0.39 is 12.0 Å². The van der Waals surface area contributed by atoms with Gasteiger partial charge in [-0.1, -0.05) is 36.4 Å². The first-order valence-corrected chi connectivity index (χ1v) is 6.69. The number of hydrogen-bond donors (Lipinski definition) is 1. The minimum atomic E-state index is -0.587. The number of unbranched alkanes of at least 4 members (excludes halogenated alkanes) is 1. The monoisotopic (exact) mass is 275 g/mol. The van der Waals surface area contributed by atoms with E-state index in [2.05, 4.69) is 11.9 Å². The number of rotatable bonds is 8. The van der Waals surface area contributed by atoms with Crippen LogP contribution in [0.5, 0.6) is 0 Å². The van der Waals surface area contributed by atoms with Crippen LogP contribution in [0.3, 0.4) is 0 Å². The van der Waals surface area contributed by atoms with Crippen molar-refractivity contribution >= 4 is 11.9 Å². The van der Waals surface area contributed by atoms with Gasteiger partial charge in [-0.25, -0.2) is 4.79 Å².